The smallest absolute Gasteiger partial charge is 0.255 e. The Bertz CT molecular complexity index is 1080. The minimum atomic E-state index is -3.61. The molecule has 0 radical (unpaired) electrons. The normalized spacial score (nSPS) is 11.2. The molecule has 6 nitrogen and oxygen atoms in total. The highest BCUT2D eigenvalue weighted by Gasteiger charge is 2.16. The van der Waals surface area contributed by atoms with Crippen molar-refractivity contribution in [1.82, 2.24) is 9.71 Å². The zero-order valence-corrected chi connectivity index (χ0v) is 16.5. The topological polar surface area (TPSA) is 88.2 Å². The summed E-state index contributed by atoms with van der Waals surface area (Å²) in [7, 11) is -3.61. The summed E-state index contributed by atoms with van der Waals surface area (Å²) in [5, 5.41) is 2.75. The third-order valence-corrected chi connectivity index (χ3v) is 5.78. The van der Waals surface area contributed by atoms with Gasteiger partial charge in [-0.2, -0.15) is 0 Å². The van der Waals surface area contributed by atoms with Crippen LogP contribution in [-0.4, -0.2) is 19.3 Å². The molecule has 0 saturated carbocycles. The standard InChI is InChI=1S/C21H21N3O3S/c1-15-5-10-20(16(2)12-15)28(26,27)23-13-17-6-8-18(9-7-17)21(25)24-19-4-3-11-22-14-19/h3-12,14,23H,13H2,1-2H3,(H,24,25). The van der Waals surface area contributed by atoms with Crippen LogP contribution >= 0.6 is 0 Å². The molecule has 0 saturated heterocycles. The van der Waals surface area contributed by atoms with Crippen LogP contribution in [0.2, 0.25) is 0 Å². The predicted octanol–water partition coefficient (Wildman–Crippen LogP) is 3.43. The molecule has 3 rings (SSSR count). The van der Waals surface area contributed by atoms with E-state index in [1.54, 1.807) is 67.8 Å². The number of carbonyl (C=O) groups is 1. The van der Waals surface area contributed by atoms with E-state index in [4.69, 9.17) is 0 Å². The summed E-state index contributed by atoms with van der Waals surface area (Å²) in [6, 6.07) is 15.5. The maximum absolute atomic E-state index is 12.5. The fourth-order valence-electron chi connectivity index (χ4n) is 2.77. The Morgan fingerprint density at radius 3 is 2.43 bits per heavy atom. The minimum Gasteiger partial charge on any atom is -0.321 e. The molecule has 28 heavy (non-hydrogen) atoms. The number of anilines is 1. The molecule has 0 aliphatic heterocycles. The molecule has 1 amide bonds. The Kier molecular flexibility index (Phi) is 5.87. The predicted molar refractivity (Wildman–Crippen MR) is 109 cm³/mol. The largest absolute Gasteiger partial charge is 0.321 e. The quantitative estimate of drug-likeness (QED) is 0.669. The molecule has 0 atom stereocenters. The fraction of sp³-hybridized carbons (Fsp3) is 0.143. The van der Waals surface area contributed by atoms with Crippen molar-refractivity contribution >= 4 is 21.6 Å². The van der Waals surface area contributed by atoms with E-state index in [2.05, 4.69) is 15.0 Å². The van der Waals surface area contributed by atoms with Gasteiger partial charge in [-0.3, -0.25) is 9.78 Å². The van der Waals surface area contributed by atoms with Gasteiger partial charge in [0.25, 0.3) is 5.91 Å². The molecule has 2 N–H and O–H groups in total. The van der Waals surface area contributed by atoms with Gasteiger partial charge in [-0.25, -0.2) is 13.1 Å². The molecule has 144 valence electrons. The first-order valence-electron chi connectivity index (χ1n) is 8.72. The Labute approximate surface area is 164 Å². The van der Waals surface area contributed by atoms with Crippen molar-refractivity contribution in [2.75, 3.05) is 5.32 Å². The van der Waals surface area contributed by atoms with E-state index in [9.17, 15) is 13.2 Å². The van der Waals surface area contributed by atoms with Crippen molar-refractivity contribution < 1.29 is 13.2 Å². The lowest BCUT2D eigenvalue weighted by Crippen LogP contribution is -2.24. The zero-order valence-electron chi connectivity index (χ0n) is 15.6. The van der Waals surface area contributed by atoms with E-state index >= 15 is 0 Å². The van der Waals surface area contributed by atoms with Crippen molar-refractivity contribution in [1.29, 1.82) is 0 Å². The van der Waals surface area contributed by atoms with Crippen LogP contribution in [0.15, 0.2) is 71.9 Å². The van der Waals surface area contributed by atoms with Crippen LogP contribution in [0.5, 0.6) is 0 Å². The first kappa shape index (κ1) is 19.7. The van der Waals surface area contributed by atoms with Gasteiger partial charge in [0.2, 0.25) is 10.0 Å². The lowest BCUT2D eigenvalue weighted by atomic mass is 10.1. The molecule has 3 aromatic rings. The van der Waals surface area contributed by atoms with Crippen molar-refractivity contribution in [2.45, 2.75) is 25.3 Å². The summed E-state index contributed by atoms with van der Waals surface area (Å²) < 4.78 is 27.7. The first-order chi connectivity index (χ1) is 13.3. The summed E-state index contributed by atoms with van der Waals surface area (Å²) >= 11 is 0. The molecule has 0 aliphatic rings. The lowest BCUT2D eigenvalue weighted by molar-refractivity contribution is 0.102. The molecule has 7 heteroatoms. The third kappa shape index (κ3) is 4.82. The van der Waals surface area contributed by atoms with Gasteiger partial charge in [0.05, 0.1) is 16.8 Å². The number of amides is 1. The van der Waals surface area contributed by atoms with E-state index < -0.39 is 10.0 Å². The summed E-state index contributed by atoms with van der Waals surface area (Å²) in [6.45, 7) is 3.83. The summed E-state index contributed by atoms with van der Waals surface area (Å²) in [6.07, 6.45) is 3.19. The van der Waals surface area contributed by atoms with Crippen LogP contribution in [0.1, 0.15) is 27.0 Å². The molecule has 0 aliphatic carbocycles. The number of pyridine rings is 1. The van der Waals surface area contributed by atoms with Gasteiger partial charge in [-0.15, -0.1) is 0 Å². The average molecular weight is 395 g/mol. The second-order valence-corrected chi connectivity index (χ2v) is 8.22. The first-order valence-corrected chi connectivity index (χ1v) is 10.2. The van der Waals surface area contributed by atoms with Gasteiger partial charge in [0.1, 0.15) is 0 Å². The van der Waals surface area contributed by atoms with Crippen LogP contribution in [0, 0.1) is 13.8 Å². The Morgan fingerprint density at radius 1 is 1.04 bits per heavy atom. The summed E-state index contributed by atoms with van der Waals surface area (Å²) in [5.74, 6) is -0.254. The van der Waals surface area contributed by atoms with Crippen molar-refractivity contribution in [3.63, 3.8) is 0 Å². The molecular weight excluding hydrogens is 374 g/mol. The van der Waals surface area contributed by atoms with Crippen molar-refractivity contribution in [2.24, 2.45) is 0 Å². The Balaban J connectivity index is 1.65. The second-order valence-electron chi connectivity index (χ2n) is 6.49. The zero-order chi connectivity index (χ0) is 20.1. The Hall–Kier alpha value is -3.03. The molecule has 2 aromatic carbocycles. The number of carbonyl (C=O) groups excluding carboxylic acids is 1. The van der Waals surface area contributed by atoms with Gasteiger partial charge in [0, 0.05) is 18.3 Å². The molecule has 1 aromatic heterocycles. The number of nitrogens with zero attached hydrogens (tertiary/aromatic N) is 1. The highest BCUT2D eigenvalue weighted by atomic mass is 32.2. The number of sulfonamides is 1. The van der Waals surface area contributed by atoms with Gasteiger partial charge in [0.15, 0.2) is 0 Å². The average Bonchev–Trinajstić information content (AvgIpc) is 2.67. The fourth-order valence-corrected chi connectivity index (χ4v) is 4.01. The number of nitrogens with one attached hydrogen (secondary N) is 2. The number of rotatable bonds is 6. The van der Waals surface area contributed by atoms with E-state index in [0.29, 0.717) is 16.8 Å². The van der Waals surface area contributed by atoms with E-state index in [1.807, 2.05) is 13.0 Å². The minimum absolute atomic E-state index is 0.139. The molecule has 0 bridgehead atoms. The Morgan fingerprint density at radius 2 is 1.79 bits per heavy atom. The molecule has 0 spiro atoms. The molecular formula is C21H21N3O3S. The number of hydrogen-bond donors (Lipinski definition) is 2. The molecule has 0 unspecified atom stereocenters. The van der Waals surface area contributed by atoms with Crippen LogP contribution in [0.3, 0.4) is 0 Å². The monoisotopic (exact) mass is 395 g/mol. The molecule has 1 heterocycles. The molecule has 0 fully saturated rings. The van der Waals surface area contributed by atoms with Crippen LogP contribution in [0.25, 0.3) is 0 Å². The van der Waals surface area contributed by atoms with Gasteiger partial charge in [-0.05, 0) is 55.3 Å². The number of aryl methyl sites for hydroxylation is 2. The maximum atomic E-state index is 12.5. The number of benzene rings is 2. The van der Waals surface area contributed by atoms with Crippen LogP contribution < -0.4 is 10.0 Å². The number of aromatic nitrogens is 1. The number of hydrogen-bond acceptors (Lipinski definition) is 4. The van der Waals surface area contributed by atoms with Gasteiger partial charge in [-0.1, -0.05) is 29.8 Å². The van der Waals surface area contributed by atoms with Crippen LogP contribution in [-0.2, 0) is 16.6 Å². The van der Waals surface area contributed by atoms with Crippen molar-refractivity contribution in [3.8, 4) is 0 Å². The highest BCUT2D eigenvalue weighted by molar-refractivity contribution is 7.89. The maximum Gasteiger partial charge on any atom is 0.255 e. The third-order valence-electron chi connectivity index (χ3n) is 4.22. The SMILES string of the molecule is Cc1ccc(S(=O)(=O)NCc2ccc(C(=O)Nc3cccnc3)cc2)c(C)c1. The van der Waals surface area contributed by atoms with E-state index in [1.165, 1.54) is 0 Å². The highest BCUT2D eigenvalue weighted by Crippen LogP contribution is 2.17. The summed E-state index contributed by atoms with van der Waals surface area (Å²) in [5.41, 5.74) is 3.56. The van der Waals surface area contributed by atoms with Gasteiger partial charge < -0.3 is 5.32 Å². The van der Waals surface area contributed by atoms with E-state index in [0.717, 1.165) is 11.1 Å². The van der Waals surface area contributed by atoms with Crippen molar-refractivity contribution in [3.05, 3.63) is 89.2 Å². The van der Waals surface area contributed by atoms with Crippen LogP contribution in [0.4, 0.5) is 5.69 Å². The van der Waals surface area contributed by atoms with Gasteiger partial charge >= 0.3 is 0 Å². The lowest BCUT2D eigenvalue weighted by Gasteiger charge is -2.10. The second kappa shape index (κ2) is 8.33. The summed E-state index contributed by atoms with van der Waals surface area (Å²) in [4.78, 5) is 16.5. The van der Waals surface area contributed by atoms with E-state index in [-0.39, 0.29) is 17.3 Å².